The van der Waals surface area contributed by atoms with Crippen LogP contribution in [-0.4, -0.2) is 44.0 Å². The molecule has 7 nitrogen and oxygen atoms in total. The molecule has 1 heterocycles. The largest absolute Gasteiger partial charge is 0.480 e. The van der Waals surface area contributed by atoms with Crippen LogP contribution in [0.5, 0.6) is 0 Å². The number of carboxylic acid groups (broad SMARTS) is 1. The Morgan fingerprint density at radius 3 is 2.61 bits per heavy atom. The molecule has 1 aromatic rings. The number of carbonyl (C=O) groups excluding carboxylic acids is 1. The van der Waals surface area contributed by atoms with E-state index in [0.29, 0.717) is 0 Å². The number of hydrogen-bond donors (Lipinski definition) is 1. The van der Waals surface area contributed by atoms with Crippen LogP contribution >= 0.6 is 0 Å². The second-order valence-electron chi connectivity index (χ2n) is 4.35. The maximum atomic E-state index is 11.9. The summed E-state index contributed by atoms with van der Waals surface area (Å²) in [6.45, 7) is 2.60. The van der Waals surface area contributed by atoms with Crippen LogP contribution in [0, 0.1) is 0 Å². The number of rotatable bonds is 4. The summed E-state index contributed by atoms with van der Waals surface area (Å²) in [5.41, 5.74) is -1.88. The fourth-order valence-electron chi connectivity index (χ4n) is 1.21. The van der Waals surface area contributed by atoms with E-state index in [1.165, 1.54) is 39.4 Å². The van der Waals surface area contributed by atoms with Crippen molar-refractivity contribution >= 4 is 11.9 Å². The van der Waals surface area contributed by atoms with Gasteiger partial charge in [0.05, 0.1) is 0 Å². The van der Waals surface area contributed by atoms with Crippen LogP contribution in [-0.2, 0) is 16.1 Å². The van der Waals surface area contributed by atoms with Crippen LogP contribution in [0.25, 0.3) is 0 Å². The van der Waals surface area contributed by atoms with Gasteiger partial charge in [0.15, 0.2) is 0 Å². The average molecular weight is 253 g/mol. The molecule has 0 aliphatic heterocycles. The minimum absolute atomic E-state index is 0.236. The first-order valence-electron chi connectivity index (χ1n) is 5.28. The molecular formula is C11H15N3O4. The number of aliphatic carboxylic acids is 1. The van der Waals surface area contributed by atoms with E-state index in [4.69, 9.17) is 5.11 Å². The topological polar surface area (TPSA) is 92.5 Å². The van der Waals surface area contributed by atoms with Gasteiger partial charge in [0.1, 0.15) is 12.1 Å². The number of carboxylic acids is 1. The van der Waals surface area contributed by atoms with Gasteiger partial charge in [-0.15, -0.1) is 0 Å². The van der Waals surface area contributed by atoms with Crippen LogP contribution in [0.2, 0.25) is 0 Å². The average Bonchev–Trinajstić information content (AvgIpc) is 2.30. The second kappa shape index (κ2) is 4.99. The monoisotopic (exact) mass is 253 g/mol. The van der Waals surface area contributed by atoms with Gasteiger partial charge in [-0.25, -0.2) is 14.6 Å². The van der Waals surface area contributed by atoms with Crippen LogP contribution in [0.1, 0.15) is 13.8 Å². The molecule has 0 saturated heterocycles. The lowest BCUT2D eigenvalue weighted by Gasteiger charge is -2.31. The number of nitrogens with zero attached hydrogens (tertiary/aromatic N) is 3. The molecule has 1 amide bonds. The van der Waals surface area contributed by atoms with Gasteiger partial charge in [0.25, 0.3) is 0 Å². The summed E-state index contributed by atoms with van der Waals surface area (Å²) in [6.07, 6.45) is 2.75. The van der Waals surface area contributed by atoms with Crippen LogP contribution in [0.15, 0.2) is 23.3 Å². The van der Waals surface area contributed by atoms with Crippen molar-refractivity contribution in [3.05, 3.63) is 28.9 Å². The Balaban J connectivity index is 2.88. The summed E-state index contributed by atoms with van der Waals surface area (Å²) in [4.78, 5) is 38.8. The Morgan fingerprint density at radius 2 is 2.11 bits per heavy atom. The molecule has 18 heavy (non-hydrogen) atoms. The summed E-state index contributed by atoms with van der Waals surface area (Å²) in [5.74, 6) is -1.59. The molecule has 0 atom stereocenters. The van der Waals surface area contributed by atoms with Crippen LogP contribution in [0.3, 0.4) is 0 Å². The third-order valence-corrected chi connectivity index (χ3v) is 2.82. The van der Waals surface area contributed by atoms with Gasteiger partial charge < -0.3 is 10.0 Å². The highest BCUT2D eigenvalue weighted by atomic mass is 16.4. The van der Waals surface area contributed by atoms with Gasteiger partial charge in [-0.3, -0.25) is 9.36 Å². The first-order valence-corrected chi connectivity index (χ1v) is 5.28. The molecule has 0 spiro atoms. The van der Waals surface area contributed by atoms with Gasteiger partial charge in [-0.05, 0) is 19.9 Å². The number of amides is 1. The maximum absolute atomic E-state index is 11.9. The first kappa shape index (κ1) is 13.9. The molecule has 0 aromatic carbocycles. The summed E-state index contributed by atoms with van der Waals surface area (Å²) < 4.78 is 1.12. The molecule has 0 fully saturated rings. The number of aromatic nitrogens is 2. The summed E-state index contributed by atoms with van der Waals surface area (Å²) in [7, 11) is 1.39. The third kappa shape index (κ3) is 2.73. The molecular weight excluding hydrogens is 238 g/mol. The molecule has 0 aliphatic rings. The minimum Gasteiger partial charge on any atom is -0.480 e. The number of hydrogen-bond acceptors (Lipinski definition) is 4. The van der Waals surface area contributed by atoms with E-state index in [1.807, 2.05) is 0 Å². The normalized spacial score (nSPS) is 11.1. The van der Waals surface area contributed by atoms with E-state index < -0.39 is 23.1 Å². The van der Waals surface area contributed by atoms with E-state index in [-0.39, 0.29) is 6.54 Å². The molecule has 0 aliphatic carbocycles. The molecule has 0 bridgehead atoms. The highest BCUT2D eigenvalue weighted by molar-refractivity contribution is 5.86. The van der Waals surface area contributed by atoms with Crippen LogP contribution < -0.4 is 5.69 Å². The molecule has 0 saturated carbocycles. The van der Waals surface area contributed by atoms with E-state index in [1.54, 1.807) is 0 Å². The molecule has 0 unspecified atom stereocenters. The zero-order chi connectivity index (χ0) is 13.9. The molecule has 7 heteroatoms. The standard InChI is InChI=1S/C11H15N3O4/c1-11(2,9(16)17)13(3)8(15)7-14-6-4-5-12-10(14)18/h4-6H,7H2,1-3H3,(H,16,17). The molecule has 1 rings (SSSR count). The van der Waals surface area contributed by atoms with Gasteiger partial charge in [-0.2, -0.15) is 0 Å². The van der Waals surface area contributed by atoms with E-state index in [2.05, 4.69) is 4.98 Å². The Labute approximate surface area is 104 Å². The van der Waals surface area contributed by atoms with Crippen molar-refractivity contribution in [1.29, 1.82) is 0 Å². The lowest BCUT2D eigenvalue weighted by molar-refractivity contribution is -0.155. The van der Waals surface area contributed by atoms with Crippen molar-refractivity contribution in [3.8, 4) is 0 Å². The lowest BCUT2D eigenvalue weighted by atomic mass is 10.0. The van der Waals surface area contributed by atoms with Gasteiger partial charge in [0.2, 0.25) is 5.91 Å². The van der Waals surface area contributed by atoms with E-state index in [9.17, 15) is 14.4 Å². The second-order valence-corrected chi connectivity index (χ2v) is 4.35. The van der Waals surface area contributed by atoms with Crippen LogP contribution in [0.4, 0.5) is 0 Å². The molecule has 0 radical (unpaired) electrons. The van der Waals surface area contributed by atoms with Crippen molar-refractivity contribution in [2.75, 3.05) is 7.05 Å². The molecule has 1 N–H and O–H groups in total. The molecule has 1 aromatic heterocycles. The SMILES string of the molecule is CN(C(=O)Cn1cccnc1=O)C(C)(C)C(=O)O. The third-order valence-electron chi connectivity index (χ3n) is 2.82. The highest BCUT2D eigenvalue weighted by Gasteiger charge is 2.35. The Kier molecular flexibility index (Phi) is 3.85. The Bertz CT molecular complexity index is 521. The van der Waals surface area contributed by atoms with Crippen molar-refractivity contribution in [1.82, 2.24) is 14.5 Å². The zero-order valence-corrected chi connectivity index (χ0v) is 10.5. The Morgan fingerprint density at radius 1 is 1.50 bits per heavy atom. The maximum Gasteiger partial charge on any atom is 0.347 e. The van der Waals surface area contributed by atoms with Crippen molar-refractivity contribution in [2.45, 2.75) is 25.9 Å². The zero-order valence-electron chi connectivity index (χ0n) is 10.5. The fraction of sp³-hybridized carbons (Fsp3) is 0.455. The minimum atomic E-state index is -1.33. The lowest BCUT2D eigenvalue weighted by Crippen LogP contribution is -2.52. The van der Waals surface area contributed by atoms with Crippen molar-refractivity contribution in [2.24, 2.45) is 0 Å². The first-order chi connectivity index (χ1) is 8.26. The summed E-state index contributed by atoms with van der Waals surface area (Å²) in [6, 6.07) is 1.52. The smallest absolute Gasteiger partial charge is 0.347 e. The number of carbonyl (C=O) groups is 2. The summed E-state index contributed by atoms with van der Waals surface area (Å²) >= 11 is 0. The van der Waals surface area contributed by atoms with Gasteiger partial charge in [-0.1, -0.05) is 0 Å². The van der Waals surface area contributed by atoms with Crippen molar-refractivity contribution in [3.63, 3.8) is 0 Å². The number of likely N-dealkylation sites (N-methyl/N-ethyl adjacent to an activating group) is 1. The summed E-state index contributed by atoms with van der Waals surface area (Å²) in [5, 5.41) is 9.01. The fourth-order valence-corrected chi connectivity index (χ4v) is 1.21. The van der Waals surface area contributed by atoms with Gasteiger partial charge in [0, 0.05) is 19.4 Å². The highest BCUT2D eigenvalue weighted by Crippen LogP contribution is 2.12. The van der Waals surface area contributed by atoms with E-state index >= 15 is 0 Å². The van der Waals surface area contributed by atoms with E-state index in [0.717, 1.165) is 9.47 Å². The quantitative estimate of drug-likeness (QED) is 0.785. The van der Waals surface area contributed by atoms with Gasteiger partial charge >= 0.3 is 11.7 Å². The molecule has 98 valence electrons. The predicted octanol–water partition coefficient (Wildman–Crippen LogP) is -0.435. The van der Waals surface area contributed by atoms with Crippen molar-refractivity contribution < 1.29 is 14.7 Å². The predicted molar refractivity (Wildman–Crippen MR) is 63.0 cm³/mol. The Hall–Kier alpha value is -2.18.